The van der Waals surface area contributed by atoms with E-state index >= 15 is 0 Å². The average Bonchev–Trinajstić information content (AvgIpc) is 2.96. The van der Waals surface area contributed by atoms with Gasteiger partial charge in [-0.2, -0.15) is 0 Å². The molecule has 0 radical (unpaired) electrons. The molecule has 0 atom stereocenters. The van der Waals surface area contributed by atoms with Crippen LogP contribution in [0, 0.1) is 0 Å². The molecule has 0 unspecified atom stereocenters. The minimum atomic E-state index is 0.866. The third kappa shape index (κ3) is 2.37. The van der Waals surface area contributed by atoms with Crippen LogP contribution >= 0.6 is 15.9 Å². The normalized spacial score (nSPS) is 11.6. The zero-order valence-corrected chi connectivity index (χ0v) is 15.2. The molecule has 1 nitrogen and oxygen atoms in total. The first-order chi connectivity index (χ1) is 12.3. The van der Waals surface area contributed by atoms with Gasteiger partial charge >= 0.3 is 0 Å². The summed E-state index contributed by atoms with van der Waals surface area (Å²) in [6.07, 6.45) is 0. The first kappa shape index (κ1) is 14.7. The van der Waals surface area contributed by atoms with E-state index in [1.54, 1.807) is 0 Å². The highest BCUT2D eigenvalue weighted by atomic mass is 79.9. The first-order valence-electron chi connectivity index (χ1n) is 8.44. The lowest BCUT2D eigenvalue weighted by Crippen LogP contribution is -1.99. The molecule has 0 saturated heterocycles. The lowest BCUT2D eigenvalue weighted by Gasteiger charge is -2.10. The fraction of sp³-hybridized carbons (Fsp3) is 0.0435. The van der Waals surface area contributed by atoms with E-state index in [4.69, 9.17) is 0 Å². The standard InChI is InChI=1S/C23H16BrN/c24-18-11-13-20-21-12-10-17-8-4-5-9-19(17)23(21)25(22(20)14-18)15-16-6-2-1-3-7-16/h1-14H,15H2. The smallest absolute Gasteiger partial charge is 0.0574 e. The van der Waals surface area contributed by atoms with Crippen molar-refractivity contribution in [2.75, 3.05) is 0 Å². The highest BCUT2D eigenvalue weighted by Gasteiger charge is 2.14. The Morgan fingerprint density at radius 1 is 0.680 bits per heavy atom. The Bertz CT molecular complexity index is 1220. The Hall–Kier alpha value is -2.58. The summed E-state index contributed by atoms with van der Waals surface area (Å²) in [7, 11) is 0. The summed E-state index contributed by atoms with van der Waals surface area (Å²) < 4.78 is 3.56. The Balaban J connectivity index is 1.93. The number of aromatic nitrogens is 1. The molecule has 0 bridgehead atoms. The van der Waals surface area contributed by atoms with Crippen LogP contribution in [0.2, 0.25) is 0 Å². The molecule has 25 heavy (non-hydrogen) atoms. The zero-order chi connectivity index (χ0) is 16.8. The van der Waals surface area contributed by atoms with E-state index in [1.807, 2.05) is 0 Å². The van der Waals surface area contributed by atoms with Gasteiger partial charge in [0.15, 0.2) is 0 Å². The fourth-order valence-corrected chi connectivity index (χ4v) is 4.12. The van der Waals surface area contributed by atoms with Gasteiger partial charge in [-0.05, 0) is 23.1 Å². The lowest BCUT2D eigenvalue weighted by atomic mass is 10.1. The van der Waals surface area contributed by atoms with E-state index in [1.165, 1.54) is 38.1 Å². The predicted molar refractivity (Wildman–Crippen MR) is 110 cm³/mol. The number of nitrogens with zero attached hydrogens (tertiary/aromatic N) is 1. The maximum atomic E-state index is 3.65. The minimum absolute atomic E-state index is 0.866. The minimum Gasteiger partial charge on any atom is -0.335 e. The number of benzene rings is 4. The summed E-state index contributed by atoms with van der Waals surface area (Å²) in [6.45, 7) is 0.866. The van der Waals surface area contributed by atoms with Gasteiger partial charge in [-0.3, -0.25) is 0 Å². The van der Waals surface area contributed by atoms with Crippen molar-refractivity contribution in [3.8, 4) is 0 Å². The van der Waals surface area contributed by atoms with Crippen LogP contribution in [0.1, 0.15) is 5.56 Å². The molecule has 0 amide bonds. The molecule has 1 heterocycles. The maximum Gasteiger partial charge on any atom is 0.0574 e. The summed E-state index contributed by atoms with van der Waals surface area (Å²) >= 11 is 3.65. The van der Waals surface area contributed by atoms with Gasteiger partial charge in [0.1, 0.15) is 0 Å². The average molecular weight is 386 g/mol. The second-order valence-corrected chi connectivity index (χ2v) is 7.33. The third-order valence-corrected chi connectivity index (χ3v) is 5.39. The molecule has 0 aliphatic carbocycles. The van der Waals surface area contributed by atoms with Crippen LogP contribution in [-0.2, 0) is 6.54 Å². The molecule has 0 aliphatic rings. The maximum absolute atomic E-state index is 3.65. The summed E-state index contributed by atoms with van der Waals surface area (Å²) in [6, 6.07) is 30.4. The molecule has 120 valence electrons. The summed E-state index contributed by atoms with van der Waals surface area (Å²) in [5.74, 6) is 0. The van der Waals surface area contributed by atoms with Gasteiger partial charge < -0.3 is 4.57 Å². The number of hydrogen-bond donors (Lipinski definition) is 0. The second kappa shape index (κ2) is 5.75. The molecule has 0 aliphatic heterocycles. The van der Waals surface area contributed by atoms with Crippen molar-refractivity contribution >= 4 is 48.5 Å². The van der Waals surface area contributed by atoms with Crippen LogP contribution in [0.25, 0.3) is 32.6 Å². The Morgan fingerprint density at radius 3 is 2.32 bits per heavy atom. The molecular formula is C23H16BrN. The lowest BCUT2D eigenvalue weighted by molar-refractivity contribution is 0.871. The van der Waals surface area contributed by atoms with Crippen molar-refractivity contribution in [2.24, 2.45) is 0 Å². The molecule has 0 saturated carbocycles. The Morgan fingerprint density at radius 2 is 1.44 bits per heavy atom. The van der Waals surface area contributed by atoms with Crippen LogP contribution < -0.4 is 0 Å². The van der Waals surface area contributed by atoms with Gasteiger partial charge in [0, 0.05) is 27.2 Å². The van der Waals surface area contributed by atoms with Crippen LogP contribution in [0.15, 0.2) is 89.4 Å². The fourth-order valence-electron chi connectivity index (χ4n) is 3.77. The van der Waals surface area contributed by atoms with Crippen molar-refractivity contribution in [1.82, 2.24) is 4.57 Å². The molecule has 2 heteroatoms. The van der Waals surface area contributed by atoms with Crippen molar-refractivity contribution in [3.05, 3.63) is 95.0 Å². The highest BCUT2D eigenvalue weighted by molar-refractivity contribution is 9.10. The SMILES string of the molecule is Brc1ccc2c3ccc4ccccc4c3n(Cc3ccccc3)c2c1. The molecule has 5 aromatic rings. The van der Waals surface area contributed by atoms with Crippen LogP contribution in [0.4, 0.5) is 0 Å². The molecule has 4 aromatic carbocycles. The van der Waals surface area contributed by atoms with Gasteiger partial charge in [0.05, 0.1) is 11.0 Å². The highest BCUT2D eigenvalue weighted by Crippen LogP contribution is 2.35. The third-order valence-electron chi connectivity index (χ3n) is 4.89. The first-order valence-corrected chi connectivity index (χ1v) is 9.24. The number of rotatable bonds is 2. The molecule has 0 N–H and O–H groups in total. The molecule has 5 rings (SSSR count). The van der Waals surface area contributed by atoms with Crippen LogP contribution in [-0.4, -0.2) is 4.57 Å². The number of halogens is 1. The molecular weight excluding hydrogens is 370 g/mol. The largest absolute Gasteiger partial charge is 0.335 e. The molecule has 1 aromatic heterocycles. The summed E-state index contributed by atoms with van der Waals surface area (Å²) in [5, 5.41) is 5.21. The summed E-state index contributed by atoms with van der Waals surface area (Å²) in [5.41, 5.74) is 3.90. The molecule has 0 spiro atoms. The van der Waals surface area contributed by atoms with Gasteiger partial charge in [0.25, 0.3) is 0 Å². The number of fused-ring (bicyclic) bond motifs is 5. The predicted octanol–water partition coefficient (Wildman–Crippen LogP) is 6.76. The molecule has 0 fully saturated rings. The van der Waals surface area contributed by atoms with Gasteiger partial charge in [0.2, 0.25) is 0 Å². The van der Waals surface area contributed by atoms with Gasteiger partial charge in [-0.25, -0.2) is 0 Å². The quantitative estimate of drug-likeness (QED) is 0.316. The van der Waals surface area contributed by atoms with Crippen LogP contribution in [0.3, 0.4) is 0 Å². The van der Waals surface area contributed by atoms with E-state index in [0.717, 1.165) is 11.0 Å². The van der Waals surface area contributed by atoms with Crippen molar-refractivity contribution in [3.63, 3.8) is 0 Å². The van der Waals surface area contributed by atoms with Crippen molar-refractivity contribution < 1.29 is 0 Å². The number of hydrogen-bond acceptors (Lipinski definition) is 0. The van der Waals surface area contributed by atoms with Gasteiger partial charge in [-0.15, -0.1) is 0 Å². The van der Waals surface area contributed by atoms with E-state index in [0.29, 0.717) is 0 Å². The van der Waals surface area contributed by atoms with E-state index in [2.05, 4.69) is 105 Å². The Kier molecular flexibility index (Phi) is 3.39. The monoisotopic (exact) mass is 385 g/mol. The van der Waals surface area contributed by atoms with E-state index in [-0.39, 0.29) is 0 Å². The van der Waals surface area contributed by atoms with E-state index in [9.17, 15) is 0 Å². The summed E-state index contributed by atoms with van der Waals surface area (Å²) in [4.78, 5) is 0. The van der Waals surface area contributed by atoms with E-state index < -0.39 is 0 Å². The zero-order valence-electron chi connectivity index (χ0n) is 13.6. The second-order valence-electron chi connectivity index (χ2n) is 6.42. The van der Waals surface area contributed by atoms with Crippen molar-refractivity contribution in [1.29, 1.82) is 0 Å². The van der Waals surface area contributed by atoms with Crippen LogP contribution in [0.5, 0.6) is 0 Å². The topological polar surface area (TPSA) is 4.93 Å². The Labute approximate surface area is 154 Å². The van der Waals surface area contributed by atoms with Gasteiger partial charge in [-0.1, -0.05) is 88.7 Å². The van der Waals surface area contributed by atoms with Crippen molar-refractivity contribution in [2.45, 2.75) is 6.54 Å².